The summed E-state index contributed by atoms with van der Waals surface area (Å²) in [5, 5.41) is 6.34. The molecule has 0 saturated carbocycles. The lowest BCUT2D eigenvalue weighted by molar-refractivity contribution is 0.432. The Morgan fingerprint density at radius 2 is 2.06 bits per heavy atom. The summed E-state index contributed by atoms with van der Waals surface area (Å²) in [6.45, 7) is 9.50. The van der Waals surface area contributed by atoms with Crippen molar-refractivity contribution in [3.05, 3.63) is 16.4 Å². The summed E-state index contributed by atoms with van der Waals surface area (Å²) in [4.78, 5) is 0. The van der Waals surface area contributed by atoms with Crippen LogP contribution in [0.2, 0.25) is 5.02 Å². The van der Waals surface area contributed by atoms with Gasteiger partial charge < -0.3 is 0 Å². The molecule has 1 aromatic rings. The van der Waals surface area contributed by atoms with Crippen molar-refractivity contribution in [3.8, 4) is 0 Å². The Hall–Kier alpha value is -0.0200. The number of hydrogen-bond acceptors (Lipinski definition) is 1. The van der Waals surface area contributed by atoms with Gasteiger partial charge in [-0.05, 0) is 38.5 Å². The summed E-state index contributed by atoms with van der Waals surface area (Å²) in [7, 11) is 0. The summed E-state index contributed by atoms with van der Waals surface area (Å²) < 4.78 is 2.04. The molecule has 0 aliphatic carbocycles. The smallest absolute Gasteiger partial charge is 0.0847 e. The predicted molar refractivity (Wildman–Crippen MR) is 78.1 cm³/mol. The highest BCUT2D eigenvalue weighted by Gasteiger charge is 2.18. The lowest BCUT2D eigenvalue weighted by Gasteiger charge is -2.17. The van der Waals surface area contributed by atoms with Gasteiger partial charge >= 0.3 is 0 Å². The van der Waals surface area contributed by atoms with Gasteiger partial charge in [-0.25, -0.2) is 0 Å². The van der Waals surface area contributed by atoms with Crippen LogP contribution >= 0.6 is 27.5 Å². The first-order valence-electron chi connectivity index (χ1n) is 6.27. The van der Waals surface area contributed by atoms with Crippen LogP contribution in [-0.2, 0) is 13.0 Å². The Balaban J connectivity index is 2.84. The highest BCUT2D eigenvalue weighted by atomic mass is 79.9. The minimum atomic E-state index is 0.633. The first-order valence-corrected chi connectivity index (χ1v) is 7.77. The second-order valence-electron chi connectivity index (χ2n) is 5.02. The number of rotatable bonds is 6. The molecule has 1 rings (SSSR count). The van der Waals surface area contributed by atoms with Gasteiger partial charge in [-0.2, -0.15) is 5.10 Å². The zero-order valence-electron chi connectivity index (χ0n) is 11.1. The van der Waals surface area contributed by atoms with Gasteiger partial charge in [0.25, 0.3) is 0 Å². The zero-order chi connectivity index (χ0) is 13.0. The van der Waals surface area contributed by atoms with E-state index in [4.69, 9.17) is 11.6 Å². The topological polar surface area (TPSA) is 17.8 Å². The molecule has 0 saturated heterocycles. The maximum absolute atomic E-state index is 6.33. The summed E-state index contributed by atoms with van der Waals surface area (Å²) in [5.74, 6) is 1.35. The number of aryl methyl sites for hydroxylation is 2. The van der Waals surface area contributed by atoms with Crippen LogP contribution < -0.4 is 0 Å². The Morgan fingerprint density at radius 1 is 1.41 bits per heavy atom. The average molecular weight is 322 g/mol. The summed E-state index contributed by atoms with van der Waals surface area (Å²) in [5.41, 5.74) is 2.14. The molecule has 98 valence electrons. The molecule has 0 aliphatic rings. The van der Waals surface area contributed by atoms with Gasteiger partial charge in [0.05, 0.1) is 16.4 Å². The standard InChI is InChI=1S/C13H22BrClN2/c1-5-17-12(13(15)10(4)16-17)7-11(8-14)6-9(2)3/h9,11H,5-8H2,1-4H3. The zero-order valence-corrected chi connectivity index (χ0v) is 13.5. The highest BCUT2D eigenvalue weighted by Crippen LogP contribution is 2.26. The third-order valence-electron chi connectivity index (χ3n) is 2.96. The van der Waals surface area contributed by atoms with E-state index in [9.17, 15) is 0 Å². The number of alkyl halides is 1. The third kappa shape index (κ3) is 3.99. The van der Waals surface area contributed by atoms with Gasteiger partial charge in [-0.15, -0.1) is 0 Å². The molecule has 0 N–H and O–H groups in total. The SMILES string of the molecule is CCn1nc(C)c(Cl)c1CC(CBr)CC(C)C. The molecule has 17 heavy (non-hydrogen) atoms. The highest BCUT2D eigenvalue weighted by molar-refractivity contribution is 9.09. The van der Waals surface area contributed by atoms with E-state index in [1.54, 1.807) is 0 Å². The molecule has 0 bridgehead atoms. The second-order valence-corrected chi connectivity index (χ2v) is 6.04. The van der Waals surface area contributed by atoms with E-state index >= 15 is 0 Å². The Labute approximate surface area is 118 Å². The molecular formula is C13H22BrClN2. The van der Waals surface area contributed by atoms with Gasteiger partial charge in [-0.3, -0.25) is 4.68 Å². The van der Waals surface area contributed by atoms with E-state index in [2.05, 4.69) is 41.8 Å². The number of nitrogens with zero attached hydrogens (tertiary/aromatic N) is 2. The van der Waals surface area contributed by atoms with Crippen LogP contribution in [0.3, 0.4) is 0 Å². The molecule has 1 atom stereocenters. The Bertz CT molecular complexity index is 361. The van der Waals surface area contributed by atoms with Crippen molar-refractivity contribution in [3.63, 3.8) is 0 Å². The molecule has 1 aromatic heterocycles. The van der Waals surface area contributed by atoms with Crippen molar-refractivity contribution in [1.82, 2.24) is 9.78 Å². The van der Waals surface area contributed by atoms with Crippen LogP contribution in [0.15, 0.2) is 0 Å². The summed E-state index contributed by atoms with van der Waals surface area (Å²) >= 11 is 9.94. The maximum Gasteiger partial charge on any atom is 0.0847 e. The lowest BCUT2D eigenvalue weighted by atomic mass is 9.94. The fourth-order valence-corrected chi connectivity index (χ4v) is 2.91. The van der Waals surface area contributed by atoms with Gasteiger partial charge in [-0.1, -0.05) is 41.4 Å². The van der Waals surface area contributed by atoms with Gasteiger partial charge in [0, 0.05) is 11.9 Å². The van der Waals surface area contributed by atoms with E-state index < -0.39 is 0 Å². The van der Waals surface area contributed by atoms with Crippen molar-refractivity contribution >= 4 is 27.5 Å². The van der Waals surface area contributed by atoms with E-state index in [-0.39, 0.29) is 0 Å². The molecule has 0 aliphatic heterocycles. The normalized spacial score (nSPS) is 13.4. The van der Waals surface area contributed by atoms with Crippen LogP contribution in [0.4, 0.5) is 0 Å². The molecule has 0 amide bonds. The summed E-state index contributed by atoms with van der Waals surface area (Å²) in [6.07, 6.45) is 2.23. The van der Waals surface area contributed by atoms with Crippen LogP contribution in [0.5, 0.6) is 0 Å². The fourth-order valence-electron chi connectivity index (χ4n) is 2.20. The number of halogens is 2. The molecule has 0 spiro atoms. The van der Waals surface area contributed by atoms with Gasteiger partial charge in [0.1, 0.15) is 0 Å². The minimum absolute atomic E-state index is 0.633. The Kier molecular flexibility index (Phi) is 6.01. The average Bonchev–Trinajstić information content (AvgIpc) is 2.55. The van der Waals surface area contributed by atoms with Crippen molar-refractivity contribution in [2.75, 3.05) is 5.33 Å². The largest absolute Gasteiger partial charge is 0.268 e. The molecule has 4 heteroatoms. The van der Waals surface area contributed by atoms with Crippen LogP contribution in [0.1, 0.15) is 38.6 Å². The molecule has 2 nitrogen and oxygen atoms in total. The van der Waals surface area contributed by atoms with Gasteiger partial charge in [0.2, 0.25) is 0 Å². The Morgan fingerprint density at radius 3 is 2.53 bits per heavy atom. The molecule has 1 unspecified atom stereocenters. The molecular weight excluding hydrogens is 300 g/mol. The van der Waals surface area contributed by atoms with Crippen molar-refractivity contribution < 1.29 is 0 Å². The quantitative estimate of drug-likeness (QED) is 0.707. The van der Waals surface area contributed by atoms with Crippen LogP contribution in [-0.4, -0.2) is 15.1 Å². The number of aromatic nitrogens is 2. The van der Waals surface area contributed by atoms with E-state index in [1.807, 2.05) is 11.6 Å². The van der Waals surface area contributed by atoms with Crippen molar-refractivity contribution in [1.29, 1.82) is 0 Å². The monoisotopic (exact) mass is 320 g/mol. The van der Waals surface area contributed by atoms with Crippen LogP contribution in [0.25, 0.3) is 0 Å². The van der Waals surface area contributed by atoms with E-state index in [1.165, 1.54) is 12.1 Å². The van der Waals surface area contributed by atoms with Gasteiger partial charge in [0.15, 0.2) is 0 Å². The second kappa shape index (κ2) is 6.79. The molecule has 1 heterocycles. The maximum atomic E-state index is 6.33. The van der Waals surface area contributed by atoms with E-state index in [0.29, 0.717) is 5.92 Å². The predicted octanol–water partition coefficient (Wildman–Crippen LogP) is 4.46. The van der Waals surface area contributed by atoms with Crippen molar-refractivity contribution in [2.24, 2.45) is 11.8 Å². The third-order valence-corrected chi connectivity index (χ3v) is 4.37. The first-order chi connectivity index (χ1) is 7.99. The molecule has 0 aromatic carbocycles. The minimum Gasteiger partial charge on any atom is -0.268 e. The fraction of sp³-hybridized carbons (Fsp3) is 0.769. The number of hydrogen-bond donors (Lipinski definition) is 0. The molecule has 0 radical (unpaired) electrons. The van der Waals surface area contributed by atoms with Crippen molar-refractivity contribution in [2.45, 2.75) is 47.1 Å². The lowest BCUT2D eigenvalue weighted by Crippen LogP contribution is -2.13. The summed E-state index contributed by atoms with van der Waals surface area (Å²) in [6, 6.07) is 0. The van der Waals surface area contributed by atoms with E-state index in [0.717, 1.165) is 34.9 Å². The first kappa shape index (κ1) is 15.0. The molecule has 0 fully saturated rings. The van der Waals surface area contributed by atoms with Crippen LogP contribution in [0, 0.1) is 18.8 Å².